The van der Waals surface area contributed by atoms with Gasteiger partial charge in [0.15, 0.2) is 0 Å². The molecule has 0 amide bonds. The smallest absolute Gasteiger partial charge is 0.430 e. The third kappa shape index (κ3) is 4.19. The number of fused-ring (bicyclic) bond motifs is 1. The van der Waals surface area contributed by atoms with Crippen LogP contribution in [0.1, 0.15) is 19.4 Å². The highest BCUT2D eigenvalue weighted by atomic mass is 35.5. The molecule has 0 bridgehead atoms. The lowest BCUT2D eigenvalue weighted by Crippen LogP contribution is -2.53. The second-order valence-corrected chi connectivity index (χ2v) is 6.59. The summed E-state index contributed by atoms with van der Waals surface area (Å²) in [6.45, 7) is 4.69. The van der Waals surface area contributed by atoms with Crippen molar-refractivity contribution in [3.05, 3.63) is 28.3 Å². The molecule has 1 heterocycles. The molecule has 1 aromatic carbocycles. The van der Waals surface area contributed by atoms with Crippen molar-refractivity contribution in [2.45, 2.75) is 26.1 Å². The minimum absolute atomic E-state index is 0.00190. The van der Waals surface area contributed by atoms with Crippen molar-refractivity contribution in [3.8, 4) is 5.75 Å². The van der Waals surface area contributed by atoms with Crippen LogP contribution in [-0.4, -0.2) is 31.8 Å². The SMILES string of the molecule is CC(C)CN(C)c1cc2c(cc1Cl)C=C(C(=O)O[NH3+])C(C(F)(F)F)O2. The lowest BCUT2D eigenvalue weighted by molar-refractivity contribution is -0.656. The van der Waals surface area contributed by atoms with Gasteiger partial charge in [0.2, 0.25) is 6.10 Å². The van der Waals surface area contributed by atoms with Gasteiger partial charge in [-0.3, -0.25) is 4.84 Å². The Morgan fingerprint density at radius 2 is 2.08 bits per heavy atom. The van der Waals surface area contributed by atoms with E-state index >= 15 is 0 Å². The highest BCUT2D eigenvalue weighted by Gasteiger charge is 2.49. The molecule has 0 fully saturated rings. The van der Waals surface area contributed by atoms with Gasteiger partial charge in [-0.25, -0.2) is 4.79 Å². The number of benzene rings is 1. The molecule has 1 unspecified atom stereocenters. The zero-order valence-corrected chi connectivity index (χ0v) is 14.7. The minimum atomic E-state index is -4.78. The molecule has 25 heavy (non-hydrogen) atoms. The maximum Gasteiger partial charge on any atom is 0.430 e. The first-order valence-electron chi connectivity index (χ1n) is 7.50. The maximum absolute atomic E-state index is 13.3. The average molecular weight is 380 g/mol. The molecule has 5 nitrogen and oxygen atoms in total. The first kappa shape index (κ1) is 19.4. The summed E-state index contributed by atoms with van der Waals surface area (Å²) in [6, 6.07) is 2.91. The van der Waals surface area contributed by atoms with Crippen molar-refractivity contribution in [2.75, 3.05) is 18.5 Å². The van der Waals surface area contributed by atoms with E-state index in [9.17, 15) is 18.0 Å². The van der Waals surface area contributed by atoms with E-state index < -0.39 is 23.8 Å². The predicted molar refractivity (Wildman–Crippen MR) is 87.0 cm³/mol. The van der Waals surface area contributed by atoms with Crippen LogP contribution in [0.25, 0.3) is 6.08 Å². The number of quaternary nitrogens is 1. The first-order chi connectivity index (χ1) is 11.5. The van der Waals surface area contributed by atoms with Crippen molar-refractivity contribution in [1.82, 2.24) is 0 Å². The molecule has 1 aliphatic rings. The van der Waals surface area contributed by atoms with Crippen molar-refractivity contribution in [3.63, 3.8) is 0 Å². The van der Waals surface area contributed by atoms with E-state index in [-0.39, 0.29) is 11.3 Å². The monoisotopic (exact) mass is 379 g/mol. The third-order valence-electron chi connectivity index (χ3n) is 3.63. The molecule has 1 atom stereocenters. The van der Waals surface area contributed by atoms with Gasteiger partial charge in [0.25, 0.3) is 0 Å². The summed E-state index contributed by atoms with van der Waals surface area (Å²) in [7, 11) is 1.79. The van der Waals surface area contributed by atoms with Crippen LogP contribution in [0.3, 0.4) is 0 Å². The predicted octanol–water partition coefficient (Wildman–Crippen LogP) is 2.84. The molecule has 2 rings (SSSR count). The van der Waals surface area contributed by atoms with Gasteiger partial charge in [-0.1, -0.05) is 25.4 Å². The van der Waals surface area contributed by atoms with Gasteiger partial charge in [-0.05, 0) is 18.1 Å². The van der Waals surface area contributed by atoms with Gasteiger partial charge in [0, 0.05) is 25.2 Å². The molecule has 0 saturated carbocycles. The van der Waals surface area contributed by atoms with E-state index in [2.05, 4.69) is 10.7 Å². The zero-order chi connectivity index (χ0) is 18.9. The number of rotatable bonds is 4. The van der Waals surface area contributed by atoms with Crippen molar-refractivity contribution in [1.29, 1.82) is 0 Å². The molecule has 1 aliphatic heterocycles. The molecule has 138 valence electrons. The molecule has 9 heteroatoms. The van der Waals surface area contributed by atoms with E-state index in [0.717, 1.165) is 6.08 Å². The Balaban J connectivity index is 2.50. The number of hydrogen-bond acceptors (Lipinski definition) is 4. The van der Waals surface area contributed by atoms with Crippen LogP contribution in [0.2, 0.25) is 5.02 Å². The fourth-order valence-corrected chi connectivity index (χ4v) is 2.95. The zero-order valence-electron chi connectivity index (χ0n) is 14.0. The number of carbonyl (C=O) groups is 1. The number of ether oxygens (including phenoxy) is 1. The lowest BCUT2D eigenvalue weighted by Gasteiger charge is -2.29. The summed E-state index contributed by atoms with van der Waals surface area (Å²) in [5.41, 5.74) is 0.147. The Morgan fingerprint density at radius 3 is 2.60 bits per heavy atom. The molecule has 0 radical (unpaired) electrons. The van der Waals surface area contributed by atoms with Crippen molar-refractivity contribution >= 4 is 29.3 Å². The minimum Gasteiger partial charge on any atom is -0.475 e. The summed E-state index contributed by atoms with van der Waals surface area (Å²) >= 11 is 6.25. The largest absolute Gasteiger partial charge is 0.475 e. The summed E-state index contributed by atoms with van der Waals surface area (Å²) < 4.78 is 44.9. The van der Waals surface area contributed by atoms with E-state index in [1.54, 1.807) is 7.05 Å². The van der Waals surface area contributed by atoms with Gasteiger partial charge >= 0.3 is 12.1 Å². The van der Waals surface area contributed by atoms with Crippen molar-refractivity contribution < 1.29 is 33.4 Å². The Hall–Kier alpha value is -1.93. The normalized spacial score (nSPS) is 16.8. The molecular weight excluding hydrogens is 361 g/mol. The summed E-state index contributed by atoms with van der Waals surface area (Å²) in [5.74, 6) is 2.00. The fraction of sp³-hybridized carbons (Fsp3) is 0.438. The summed E-state index contributed by atoms with van der Waals surface area (Å²) in [5, 5.41) is 0.342. The Kier molecular flexibility index (Phi) is 5.53. The van der Waals surface area contributed by atoms with Gasteiger partial charge in [0.05, 0.1) is 16.3 Å². The summed E-state index contributed by atoms with van der Waals surface area (Å²) in [4.78, 5) is 17.7. The number of halogens is 4. The third-order valence-corrected chi connectivity index (χ3v) is 3.93. The van der Waals surface area contributed by atoms with Crippen LogP contribution in [0.5, 0.6) is 5.75 Å². The fourth-order valence-electron chi connectivity index (χ4n) is 2.64. The maximum atomic E-state index is 13.3. The van der Waals surface area contributed by atoms with Gasteiger partial charge in [-0.2, -0.15) is 19.1 Å². The molecule has 0 spiro atoms. The van der Waals surface area contributed by atoms with E-state index in [1.807, 2.05) is 18.7 Å². The van der Waals surface area contributed by atoms with E-state index in [1.165, 1.54) is 12.1 Å². The van der Waals surface area contributed by atoms with Gasteiger partial charge in [0.1, 0.15) is 5.75 Å². The standard InChI is InChI=1S/C16H19ClF3N2O3/c1-8(2)7-22(3)12-6-13-9(5-11(12)17)4-10(15(23)25-21)14(24-13)16(18,19)20/h4-6,8,14H,7H2,1-3,21H3/q+1. The number of carbonyl (C=O) groups excluding carboxylic acids is 1. The highest BCUT2D eigenvalue weighted by Crippen LogP contribution is 2.41. The average Bonchev–Trinajstić information content (AvgIpc) is 2.50. The van der Waals surface area contributed by atoms with Crippen LogP contribution < -0.4 is 15.5 Å². The van der Waals surface area contributed by atoms with Crippen LogP contribution >= 0.6 is 11.6 Å². The Morgan fingerprint density at radius 1 is 1.44 bits per heavy atom. The van der Waals surface area contributed by atoms with E-state index in [4.69, 9.17) is 16.3 Å². The highest BCUT2D eigenvalue weighted by molar-refractivity contribution is 6.33. The van der Waals surface area contributed by atoms with Crippen molar-refractivity contribution in [2.24, 2.45) is 5.92 Å². The van der Waals surface area contributed by atoms with Crippen LogP contribution in [0.4, 0.5) is 18.9 Å². The van der Waals surface area contributed by atoms with Crippen LogP contribution in [-0.2, 0) is 9.63 Å². The number of anilines is 1. The molecule has 1 aromatic rings. The molecule has 0 aliphatic carbocycles. The van der Waals surface area contributed by atoms with Gasteiger partial charge < -0.3 is 9.64 Å². The Labute approximate surface area is 148 Å². The topological polar surface area (TPSA) is 66.4 Å². The first-order valence-corrected chi connectivity index (χ1v) is 7.88. The molecule has 0 saturated heterocycles. The summed E-state index contributed by atoms with van der Waals surface area (Å²) in [6.07, 6.45) is -6.12. The number of alkyl halides is 3. The van der Waals surface area contributed by atoms with Gasteiger partial charge in [-0.15, -0.1) is 0 Å². The van der Waals surface area contributed by atoms with Crippen LogP contribution in [0, 0.1) is 5.92 Å². The molecule has 0 aromatic heterocycles. The molecule has 3 N–H and O–H groups in total. The molecular formula is C16H19ClF3N2O3+. The number of nitrogens with zero attached hydrogens (tertiary/aromatic N) is 1. The van der Waals surface area contributed by atoms with Crippen LogP contribution in [0.15, 0.2) is 17.7 Å². The quantitative estimate of drug-likeness (QED) is 0.817. The second kappa shape index (κ2) is 7.13. The lowest BCUT2D eigenvalue weighted by atomic mass is 10.0. The number of hydrogen-bond donors (Lipinski definition) is 1. The second-order valence-electron chi connectivity index (χ2n) is 6.19. The Bertz CT molecular complexity index is 705. The van der Waals surface area contributed by atoms with E-state index in [0.29, 0.717) is 23.2 Å².